The van der Waals surface area contributed by atoms with Crippen LogP contribution in [-0.4, -0.2) is 51.1 Å². The molecule has 6 nitrogen and oxygen atoms in total. The molecule has 1 aromatic carbocycles. The summed E-state index contributed by atoms with van der Waals surface area (Å²) in [5.74, 6) is -0.210. The number of benzene rings is 1. The summed E-state index contributed by atoms with van der Waals surface area (Å²) in [6, 6.07) is 5.40. The van der Waals surface area contributed by atoms with Crippen molar-refractivity contribution in [3.05, 3.63) is 29.3 Å². The number of sulfonamides is 1. The number of nitrogens with zero attached hydrogens (tertiary/aromatic N) is 1. The zero-order valence-corrected chi connectivity index (χ0v) is 18.6. The van der Waals surface area contributed by atoms with Gasteiger partial charge in [-0.25, -0.2) is 8.42 Å². The van der Waals surface area contributed by atoms with Gasteiger partial charge in [-0.2, -0.15) is 4.31 Å². The van der Waals surface area contributed by atoms with Gasteiger partial charge in [-0.05, 0) is 70.9 Å². The molecule has 0 aliphatic carbocycles. The van der Waals surface area contributed by atoms with Gasteiger partial charge in [0, 0.05) is 19.7 Å². The van der Waals surface area contributed by atoms with E-state index in [4.69, 9.17) is 9.47 Å². The predicted molar refractivity (Wildman–Crippen MR) is 111 cm³/mol. The summed E-state index contributed by atoms with van der Waals surface area (Å²) in [5.41, 5.74) is 1.13. The third-order valence-electron chi connectivity index (χ3n) is 6.23. The molecule has 1 atom stereocenters. The summed E-state index contributed by atoms with van der Waals surface area (Å²) in [6.07, 6.45) is 4.72. The van der Waals surface area contributed by atoms with Crippen molar-refractivity contribution in [2.24, 2.45) is 5.41 Å². The largest absolute Gasteiger partial charge is 0.466 e. The van der Waals surface area contributed by atoms with Crippen LogP contribution in [0.1, 0.15) is 56.6 Å². The molecule has 2 fully saturated rings. The highest BCUT2D eigenvalue weighted by atomic mass is 32.2. The van der Waals surface area contributed by atoms with Gasteiger partial charge in [0.2, 0.25) is 10.0 Å². The highest BCUT2D eigenvalue weighted by Crippen LogP contribution is 2.41. The van der Waals surface area contributed by atoms with E-state index in [1.165, 1.54) is 4.31 Å². The van der Waals surface area contributed by atoms with Crippen LogP contribution in [0.2, 0.25) is 0 Å². The molecular formula is C22H33NO5S. The average molecular weight is 424 g/mol. The third kappa shape index (κ3) is 4.84. The lowest BCUT2D eigenvalue weighted by Gasteiger charge is -2.41. The number of carbonyl (C=O) groups excluding carboxylic acids is 1. The van der Waals surface area contributed by atoms with E-state index in [1.54, 1.807) is 6.07 Å². The van der Waals surface area contributed by atoms with Gasteiger partial charge in [-0.1, -0.05) is 17.7 Å². The van der Waals surface area contributed by atoms with E-state index in [9.17, 15) is 13.2 Å². The van der Waals surface area contributed by atoms with Crippen LogP contribution >= 0.6 is 0 Å². The molecule has 0 bridgehead atoms. The van der Waals surface area contributed by atoms with Gasteiger partial charge in [-0.15, -0.1) is 0 Å². The zero-order chi connectivity index (χ0) is 21.1. The number of aryl methyl sites for hydroxylation is 2. The van der Waals surface area contributed by atoms with Crippen molar-refractivity contribution in [2.45, 2.75) is 70.3 Å². The first kappa shape index (κ1) is 22.2. The number of hydrogen-bond donors (Lipinski definition) is 0. The highest BCUT2D eigenvalue weighted by molar-refractivity contribution is 7.89. The number of rotatable bonds is 6. The number of piperidine rings is 1. The van der Waals surface area contributed by atoms with Crippen molar-refractivity contribution in [1.29, 1.82) is 0 Å². The van der Waals surface area contributed by atoms with Crippen molar-refractivity contribution in [3.63, 3.8) is 0 Å². The Morgan fingerprint density at radius 2 is 1.97 bits per heavy atom. The maximum absolute atomic E-state index is 13.2. The Morgan fingerprint density at radius 1 is 1.24 bits per heavy atom. The van der Waals surface area contributed by atoms with E-state index in [2.05, 4.69) is 0 Å². The molecule has 0 aromatic heterocycles. The molecule has 1 aromatic rings. The minimum absolute atomic E-state index is 0.0515. The molecule has 0 amide bonds. The first-order valence-corrected chi connectivity index (χ1v) is 12.1. The highest BCUT2D eigenvalue weighted by Gasteiger charge is 2.46. The normalized spacial score (nSPS) is 22.9. The van der Waals surface area contributed by atoms with Crippen molar-refractivity contribution in [3.8, 4) is 0 Å². The fraction of sp³-hybridized carbons (Fsp3) is 0.682. The van der Waals surface area contributed by atoms with E-state index in [0.29, 0.717) is 43.9 Å². The Morgan fingerprint density at radius 3 is 2.55 bits per heavy atom. The van der Waals surface area contributed by atoms with Crippen LogP contribution in [0.15, 0.2) is 23.1 Å². The van der Waals surface area contributed by atoms with Crippen LogP contribution < -0.4 is 0 Å². The van der Waals surface area contributed by atoms with Crippen LogP contribution in [0.5, 0.6) is 0 Å². The van der Waals surface area contributed by atoms with E-state index in [0.717, 1.165) is 37.0 Å². The minimum Gasteiger partial charge on any atom is -0.466 e. The summed E-state index contributed by atoms with van der Waals surface area (Å²) in [7, 11) is -3.58. The lowest BCUT2D eigenvalue weighted by atomic mass is 9.73. The van der Waals surface area contributed by atoms with Crippen LogP contribution in [-0.2, 0) is 24.3 Å². The molecule has 0 unspecified atom stereocenters. The quantitative estimate of drug-likeness (QED) is 0.654. The minimum atomic E-state index is -3.58. The van der Waals surface area contributed by atoms with Crippen LogP contribution in [0.4, 0.5) is 0 Å². The van der Waals surface area contributed by atoms with Crippen molar-refractivity contribution in [1.82, 2.24) is 4.31 Å². The van der Waals surface area contributed by atoms with Gasteiger partial charge < -0.3 is 9.47 Å². The molecule has 0 N–H and O–H groups in total. The average Bonchev–Trinajstić information content (AvgIpc) is 2.69. The molecule has 2 aliphatic heterocycles. The Kier molecular flexibility index (Phi) is 7.02. The lowest BCUT2D eigenvalue weighted by Crippen LogP contribution is -2.49. The Hall–Kier alpha value is -1.44. The van der Waals surface area contributed by atoms with Gasteiger partial charge in [0.25, 0.3) is 0 Å². The second kappa shape index (κ2) is 9.14. The maximum Gasteiger partial charge on any atom is 0.312 e. The second-order valence-electron chi connectivity index (χ2n) is 8.37. The summed E-state index contributed by atoms with van der Waals surface area (Å²) >= 11 is 0. The Balaban J connectivity index is 1.77. The van der Waals surface area contributed by atoms with Gasteiger partial charge in [-0.3, -0.25) is 4.79 Å². The number of carbonyl (C=O) groups is 1. The fourth-order valence-electron chi connectivity index (χ4n) is 4.56. The molecular weight excluding hydrogens is 390 g/mol. The first-order chi connectivity index (χ1) is 13.8. The predicted octanol–water partition coefficient (Wildman–Crippen LogP) is 3.60. The van der Waals surface area contributed by atoms with Gasteiger partial charge in [0.1, 0.15) is 0 Å². The van der Waals surface area contributed by atoms with E-state index >= 15 is 0 Å². The van der Waals surface area contributed by atoms with E-state index in [1.807, 2.05) is 32.9 Å². The molecule has 3 rings (SSSR count). The molecule has 29 heavy (non-hydrogen) atoms. The van der Waals surface area contributed by atoms with Crippen LogP contribution in [0.3, 0.4) is 0 Å². The Bertz CT molecular complexity index is 822. The smallest absolute Gasteiger partial charge is 0.312 e. The van der Waals surface area contributed by atoms with Gasteiger partial charge >= 0.3 is 5.97 Å². The lowest BCUT2D eigenvalue weighted by molar-refractivity contribution is -0.162. The standard InChI is InChI=1S/C22H33NO5S/c1-4-27-21(24)22(16-19-7-5-6-14-28-19)10-12-23(13-11-22)29(25,26)20-9-8-17(2)15-18(20)3/h8-9,15,19H,4-7,10-14,16H2,1-3H3/t19-/m1/s1. The SMILES string of the molecule is CCOC(=O)C1(C[C@H]2CCCCO2)CCN(S(=O)(=O)c2ccc(C)cc2C)CC1. The molecule has 7 heteroatoms. The van der Waals surface area contributed by atoms with Crippen molar-refractivity contribution < 1.29 is 22.7 Å². The Labute approximate surface area is 174 Å². The molecule has 2 saturated heterocycles. The fourth-order valence-corrected chi connectivity index (χ4v) is 6.21. The van der Waals surface area contributed by atoms with Crippen LogP contribution in [0.25, 0.3) is 0 Å². The molecule has 0 radical (unpaired) electrons. The maximum atomic E-state index is 13.2. The molecule has 162 valence electrons. The monoisotopic (exact) mass is 423 g/mol. The number of esters is 1. The third-order valence-corrected chi connectivity index (χ3v) is 8.29. The summed E-state index contributed by atoms with van der Waals surface area (Å²) in [4.78, 5) is 13.2. The molecule has 0 saturated carbocycles. The summed E-state index contributed by atoms with van der Waals surface area (Å²) in [6.45, 7) is 7.29. The summed E-state index contributed by atoms with van der Waals surface area (Å²) < 4.78 is 39.2. The second-order valence-corrected chi connectivity index (χ2v) is 10.3. The van der Waals surface area contributed by atoms with Crippen molar-refractivity contribution in [2.75, 3.05) is 26.3 Å². The number of ether oxygens (including phenoxy) is 2. The van der Waals surface area contributed by atoms with Crippen LogP contribution in [0, 0.1) is 19.3 Å². The molecule has 0 spiro atoms. The molecule has 2 heterocycles. The first-order valence-electron chi connectivity index (χ1n) is 10.6. The number of hydrogen-bond acceptors (Lipinski definition) is 5. The zero-order valence-electron chi connectivity index (χ0n) is 17.8. The molecule has 2 aliphatic rings. The van der Waals surface area contributed by atoms with E-state index in [-0.39, 0.29) is 12.1 Å². The topological polar surface area (TPSA) is 72.9 Å². The van der Waals surface area contributed by atoms with Gasteiger partial charge in [0.15, 0.2) is 0 Å². The van der Waals surface area contributed by atoms with Crippen molar-refractivity contribution >= 4 is 16.0 Å². The van der Waals surface area contributed by atoms with E-state index < -0.39 is 15.4 Å². The van der Waals surface area contributed by atoms with Gasteiger partial charge in [0.05, 0.1) is 23.0 Å². The summed E-state index contributed by atoms with van der Waals surface area (Å²) in [5, 5.41) is 0.